The van der Waals surface area contributed by atoms with Gasteiger partial charge in [-0.05, 0) is 24.6 Å². The van der Waals surface area contributed by atoms with Crippen molar-refractivity contribution in [2.45, 2.75) is 6.92 Å². The molecule has 1 heterocycles. The maximum atomic E-state index is 10.6. The van der Waals surface area contributed by atoms with E-state index in [4.69, 9.17) is 0 Å². The molecule has 66 valence electrons. The lowest BCUT2D eigenvalue weighted by molar-refractivity contribution is 0.112. The van der Waals surface area contributed by atoms with Gasteiger partial charge in [-0.2, -0.15) is 5.10 Å². The highest BCUT2D eigenvalue weighted by Crippen LogP contribution is 2.17. The maximum Gasteiger partial charge on any atom is 0.150 e. The molecule has 0 unspecified atom stereocenters. The minimum Gasteiger partial charge on any atom is -0.298 e. The van der Waals surface area contributed by atoms with E-state index in [2.05, 4.69) is 5.10 Å². The van der Waals surface area contributed by atoms with E-state index in [1.165, 1.54) is 0 Å². The van der Waals surface area contributed by atoms with Crippen molar-refractivity contribution in [3.63, 3.8) is 0 Å². The van der Waals surface area contributed by atoms with Crippen LogP contribution in [0.2, 0.25) is 0 Å². The Balaban J connectivity index is 2.82. The molecule has 0 bridgehead atoms. The van der Waals surface area contributed by atoms with Crippen LogP contribution in [0.25, 0.3) is 10.9 Å². The number of aldehydes is 1. The second kappa shape index (κ2) is 2.69. The predicted octanol–water partition coefficient (Wildman–Crippen LogP) is 1.69. The van der Waals surface area contributed by atoms with Gasteiger partial charge >= 0.3 is 0 Å². The summed E-state index contributed by atoms with van der Waals surface area (Å²) in [7, 11) is 1.88. The molecule has 2 aromatic rings. The van der Waals surface area contributed by atoms with Crippen molar-refractivity contribution in [2.24, 2.45) is 7.05 Å². The highest BCUT2D eigenvalue weighted by atomic mass is 16.1. The lowest BCUT2D eigenvalue weighted by atomic mass is 10.1. The summed E-state index contributed by atoms with van der Waals surface area (Å²) in [6.07, 6.45) is 2.77. The highest BCUT2D eigenvalue weighted by molar-refractivity contribution is 5.88. The Hall–Kier alpha value is -1.64. The Morgan fingerprint density at radius 2 is 2.23 bits per heavy atom. The standard InChI is InChI=1S/C10H10N2O/c1-7-3-8(6-13)4-9-5-12(2)11-10(7)9/h3-6H,1-2H3. The zero-order valence-electron chi connectivity index (χ0n) is 7.61. The number of hydrogen-bond acceptors (Lipinski definition) is 2. The number of carbonyl (C=O) groups is 1. The second-order valence-electron chi connectivity index (χ2n) is 3.20. The Bertz CT molecular complexity index is 471. The number of aromatic nitrogens is 2. The third-order valence-corrected chi connectivity index (χ3v) is 2.07. The van der Waals surface area contributed by atoms with Crippen molar-refractivity contribution in [3.8, 4) is 0 Å². The first-order chi connectivity index (χ1) is 6.20. The fourth-order valence-corrected chi connectivity index (χ4v) is 1.53. The summed E-state index contributed by atoms with van der Waals surface area (Å²) >= 11 is 0. The van der Waals surface area contributed by atoms with Crippen LogP contribution in [0.15, 0.2) is 18.3 Å². The van der Waals surface area contributed by atoms with Crippen LogP contribution in [-0.2, 0) is 7.05 Å². The number of aryl methyl sites for hydroxylation is 2. The molecule has 0 spiro atoms. The molecule has 0 saturated heterocycles. The zero-order chi connectivity index (χ0) is 9.42. The zero-order valence-corrected chi connectivity index (χ0v) is 7.61. The van der Waals surface area contributed by atoms with Crippen molar-refractivity contribution in [3.05, 3.63) is 29.5 Å². The number of rotatable bonds is 1. The van der Waals surface area contributed by atoms with Gasteiger partial charge in [0.05, 0.1) is 5.52 Å². The Kier molecular flexibility index (Phi) is 1.65. The van der Waals surface area contributed by atoms with Crippen LogP contribution in [0.3, 0.4) is 0 Å². The third kappa shape index (κ3) is 1.22. The van der Waals surface area contributed by atoms with Crippen molar-refractivity contribution < 1.29 is 4.79 Å². The van der Waals surface area contributed by atoms with Crippen molar-refractivity contribution in [1.29, 1.82) is 0 Å². The molecule has 0 fully saturated rings. The molecular weight excluding hydrogens is 164 g/mol. The van der Waals surface area contributed by atoms with E-state index < -0.39 is 0 Å². The van der Waals surface area contributed by atoms with Gasteiger partial charge in [0.15, 0.2) is 0 Å². The molecule has 0 N–H and O–H groups in total. The fourth-order valence-electron chi connectivity index (χ4n) is 1.53. The van der Waals surface area contributed by atoms with Crippen LogP contribution in [0.1, 0.15) is 15.9 Å². The minimum atomic E-state index is 0.706. The van der Waals surface area contributed by atoms with Gasteiger partial charge in [0.1, 0.15) is 6.29 Å². The summed E-state index contributed by atoms with van der Waals surface area (Å²) in [6.45, 7) is 1.96. The molecule has 3 heteroatoms. The van der Waals surface area contributed by atoms with E-state index in [1.807, 2.05) is 32.3 Å². The average molecular weight is 174 g/mol. The number of nitrogens with zero attached hydrogens (tertiary/aromatic N) is 2. The molecule has 0 aliphatic carbocycles. The molecule has 1 aromatic heterocycles. The predicted molar refractivity (Wildman–Crippen MR) is 50.8 cm³/mol. The van der Waals surface area contributed by atoms with Crippen molar-refractivity contribution >= 4 is 17.2 Å². The molecule has 0 radical (unpaired) electrons. The van der Waals surface area contributed by atoms with Crippen LogP contribution in [0, 0.1) is 6.92 Å². The van der Waals surface area contributed by atoms with Crippen LogP contribution in [0.4, 0.5) is 0 Å². The monoisotopic (exact) mass is 174 g/mol. The summed E-state index contributed by atoms with van der Waals surface area (Å²) < 4.78 is 1.76. The van der Waals surface area contributed by atoms with E-state index in [0.29, 0.717) is 5.56 Å². The largest absolute Gasteiger partial charge is 0.298 e. The summed E-state index contributed by atoms with van der Waals surface area (Å²) in [5.41, 5.74) is 2.71. The van der Waals surface area contributed by atoms with E-state index in [-0.39, 0.29) is 0 Å². The number of carbonyl (C=O) groups excluding carboxylic acids is 1. The van der Waals surface area contributed by atoms with Crippen LogP contribution in [0.5, 0.6) is 0 Å². The summed E-state index contributed by atoms with van der Waals surface area (Å²) in [5, 5.41) is 5.31. The quantitative estimate of drug-likeness (QED) is 0.617. The number of benzene rings is 1. The van der Waals surface area contributed by atoms with Crippen LogP contribution in [-0.4, -0.2) is 16.1 Å². The topological polar surface area (TPSA) is 34.9 Å². The van der Waals surface area contributed by atoms with Gasteiger partial charge in [0, 0.05) is 24.2 Å². The van der Waals surface area contributed by atoms with E-state index >= 15 is 0 Å². The Morgan fingerprint density at radius 1 is 1.46 bits per heavy atom. The molecular formula is C10H10N2O. The van der Waals surface area contributed by atoms with Gasteiger partial charge in [-0.3, -0.25) is 9.48 Å². The smallest absolute Gasteiger partial charge is 0.150 e. The first kappa shape index (κ1) is 7.98. The van der Waals surface area contributed by atoms with Gasteiger partial charge in [-0.1, -0.05) is 0 Å². The van der Waals surface area contributed by atoms with Gasteiger partial charge in [-0.25, -0.2) is 0 Å². The summed E-state index contributed by atoms with van der Waals surface area (Å²) in [6, 6.07) is 3.70. The molecule has 0 aliphatic heterocycles. The fraction of sp³-hybridized carbons (Fsp3) is 0.200. The van der Waals surface area contributed by atoms with Gasteiger partial charge in [0.25, 0.3) is 0 Å². The SMILES string of the molecule is Cc1cc(C=O)cc2cn(C)nc12. The molecule has 3 nitrogen and oxygen atoms in total. The number of hydrogen-bond donors (Lipinski definition) is 0. The second-order valence-corrected chi connectivity index (χ2v) is 3.20. The molecule has 1 aromatic carbocycles. The first-order valence-electron chi connectivity index (χ1n) is 4.10. The minimum absolute atomic E-state index is 0.706. The average Bonchev–Trinajstić information content (AvgIpc) is 2.46. The lowest BCUT2D eigenvalue weighted by Crippen LogP contribution is -1.86. The van der Waals surface area contributed by atoms with Gasteiger partial charge in [-0.15, -0.1) is 0 Å². The molecule has 2 rings (SSSR count). The van der Waals surface area contributed by atoms with Crippen molar-refractivity contribution in [1.82, 2.24) is 9.78 Å². The maximum absolute atomic E-state index is 10.6. The summed E-state index contributed by atoms with van der Waals surface area (Å²) in [5.74, 6) is 0. The van der Waals surface area contributed by atoms with Crippen molar-refractivity contribution in [2.75, 3.05) is 0 Å². The van der Waals surface area contributed by atoms with Crippen LogP contribution >= 0.6 is 0 Å². The molecule has 0 saturated carbocycles. The molecule has 13 heavy (non-hydrogen) atoms. The Morgan fingerprint density at radius 3 is 2.92 bits per heavy atom. The molecule has 0 atom stereocenters. The first-order valence-corrected chi connectivity index (χ1v) is 4.10. The third-order valence-electron chi connectivity index (χ3n) is 2.07. The van der Waals surface area contributed by atoms with Gasteiger partial charge in [0.2, 0.25) is 0 Å². The Labute approximate surface area is 76.0 Å². The summed E-state index contributed by atoms with van der Waals surface area (Å²) in [4.78, 5) is 10.6. The van der Waals surface area contributed by atoms with E-state index in [1.54, 1.807) is 4.68 Å². The highest BCUT2D eigenvalue weighted by Gasteiger charge is 2.03. The van der Waals surface area contributed by atoms with Crippen LogP contribution < -0.4 is 0 Å². The van der Waals surface area contributed by atoms with Gasteiger partial charge < -0.3 is 0 Å². The lowest BCUT2D eigenvalue weighted by Gasteiger charge is -1.95. The molecule has 0 amide bonds. The number of fused-ring (bicyclic) bond motifs is 1. The normalized spacial score (nSPS) is 10.6. The van der Waals surface area contributed by atoms with E-state index in [0.717, 1.165) is 22.8 Å². The van der Waals surface area contributed by atoms with E-state index in [9.17, 15) is 4.79 Å². The molecule has 0 aliphatic rings.